The van der Waals surface area contributed by atoms with E-state index in [4.69, 9.17) is 21.8 Å². The van der Waals surface area contributed by atoms with Gasteiger partial charge in [0, 0.05) is 30.8 Å². The van der Waals surface area contributed by atoms with Crippen molar-refractivity contribution in [1.29, 1.82) is 0 Å². The average Bonchev–Trinajstić information content (AvgIpc) is 3.38. The molecule has 1 saturated carbocycles. The number of aryl methyl sites for hydroxylation is 1. The third-order valence-electron chi connectivity index (χ3n) is 6.07. The molecule has 3 amide bonds. The number of piperidine rings is 1. The molecular weight excluding hydrogens is 436 g/mol. The highest BCUT2D eigenvalue weighted by Crippen LogP contribution is 2.55. The van der Waals surface area contributed by atoms with E-state index in [9.17, 15) is 9.59 Å². The molecule has 0 radical (unpaired) electrons. The Morgan fingerprint density at radius 3 is 2.81 bits per heavy atom. The molecule has 2 saturated heterocycles. The largest absolute Gasteiger partial charge is 0.414 e. The predicted octanol–water partition coefficient (Wildman–Crippen LogP) is 2.55. The maximum atomic E-state index is 13.3. The van der Waals surface area contributed by atoms with E-state index < -0.39 is 11.4 Å². The third-order valence-corrected chi connectivity index (χ3v) is 6.40. The Morgan fingerprint density at radius 1 is 1.31 bits per heavy atom. The Bertz CT molecular complexity index is 1220. The van der Waals surface area contributed by atoms with Crippen LogP contribution in [0, 0.1) is 5.92 Å². The first-order valence-corrected chi connectivity index (χ1v) is 10.5. The minimum absolute atomic E-state index is 0.0342. The number of urea groups is 1. The van der Waals surface area contributed by atoms with Crippen molar-refractivity contribution >= 4 is 29.2 Å². The van der Waals surface area contributed by atoms with Gasteiger partial charge in [0.1, 0.15) is 11.9 Å². The summed E-state index contributed by atoms with van der Waals surface area (Å²) in [6.07, 6.45) is 3.79. The summed E-state index contributed by atoms with van der Waals surface area (Å²) in [5, 5.41) is 15.5. The van der Waals surface area contributed by atoms with Crippen molar-refractivity contribution in [2.75, 3.05) is 5.32 Å². The fourth-order valence-electron chi connectivity index (χ4n) is 4.88. The van der Waals surface area contributed by atoms with E-state index in [-0.39, 0.29) is 23.9 Å². The number of carbonyl (C=O) groups excluding carboxylic acids is 2. The highest BCUT2D eigenvalue weighted by atomic mass is 35.5. The number of nitrogens with one attached hydrogen (secondary N) is 1. The number of primary amides is 1. The van der Waals surface area contributed by atoms with Gasteiger partial charge in [0.25, 0.3) is 0 Å². The smallest absolute Gasteiger partial charge is 0.323 e. The summed E-state index contributed by atoms with van der Waals surface area (Å²) in [6.45, 7) is 2.12. The number of anilines is 1. The van der Waals surface area contributed by atoms with Crippen molar-refractivity contribution in [3.8, 4) is 11.4 Å². The number of fused-ring (bicyclic) bond motifs is 2. The summed E-state index contributed by atoms with van der Waals surface area (Å²) in [5.74, 6) is -0.00306. The zero-order chi connectivity index (χ0) is 22.6. The molecule has 12 heteroatoms. The lowest BCUT2D eigenvalue weighted by molar-refractivity contribution is -0.110. The summed E-state index contributed by atoms with van der Waals surface area (Å²) < 4.78 is 7.12. The first-order valence-electron chi connectivity index (χ1n) is 10.2. The van der Waals surface area contributed by atoms with Crippen molar-refractivity contribution in [3.63, 3.8) is 0 Å². The monoisotopic (exact) mass is 456 g/mol. The SMILES string of the molecule is C[C@H]1CC2CC(c3nnc(C(N)=O)o3)(C1)N2C(=O)Nc1ccc(Cl)c(-c2ncn(C)n2)c1. The van der Waals surface area contributed by atoms with Crippen molar-refractivity contribution in [2.24, 2.45) is 18.7 Å². The normalized spacial score (nSPS) is 24.2. The highest BCUT2D eigenvalue weighted by Gasteiger charge is 2.62. The van der Waals surface area contributed by atoms with Gasteiger partial charge in [-0.05, 0) is 37.0 Å². The van der Waals surface area contributed by atoms with Gasteiger partial charge in [-0.25, -0.2) is 9.78 Å². The maximum absolute atomic E-state index is 13.3. The number of nitrogens with two attached hydrogens (primary N) is 1. The van der Waals surface area contributed by atoms with Crippen LogP contribution >= 0.6 is 11.6 Å². The lowest BCUT2D eigenvalue weighted by atomic mass is 9.64. The second-order valence-electron chi connectivity index (χ2n) is 8.45. The summed E-state index contributed by atoms with van der Waals surface area (Å²) in [5.41, 5.74) is 5.67. The highest BCUT2D eigenvalue weighted by molar-refractivity contribution is 6.33. The number of nitrogens with zero attached hydrogens (tertiary/aromatic N) is 6. The first-order chi connectivity index (χ1) is 15.3. The van der Waals surface area contributed by atoms with Crippen molar-refractivity contribution < 1.29 is 14.0 Å². The third kappa shape index (κ3) is 3.20. The Hall–Kier alpha value is -3.47. The summed E-state index contributed by atoms with van der Waals surface area (Å²) in [4.78, 5) is 30.7. The molecule has 2 bridgehead atoms. The molecule has 3 aliphatic rings. The van der Waals surface area contributed by atoms with E-state index in [2.05, 4.69) is 32.5 Å². The van der Waals surface area contributed by atoms with Crippen LogP contribution in [0.25, 0.3) is 11.4 Å². The number of hydrogen-bond acceptors (Lipinski definition) is 7. The van der Waals surface area contributed by atoms with E-state index in [1.165, 1.54) is 0 Å². The van der Waals surface area contributed by atoms with E-state index in [1.807, 2.05) is 0 Å². The van der Waals surface area contributed by atoms with Crippen LogP contribution in [0.3, 0.4) is 0 Å². The Balaban J connectivity index is 1.43. The molecule has 2 aromatic heterocycles. The number of hydrogen-bond donors (Lipinski definition) is 2. The van der Waals surface area contributed by atoms with Gasteiger partial charge < -0.3 is 20.4 Å². The number of amides is 3. The topological polar surface area (TPSA) is 145 Å². The van der Waals surface area contributed by atoms with Crippen LogP contribution in [0.4, 0.5) is 10.5 Å². The minimum Gasteiger partial charge on any atom is -0.414 e. The van der Waals surface area contributed by atoms with Gasteiger partial charge in [0.05, 0.1) is 5.02 Å². The molecule has 3 N–H and O–H groups in total. The molecule has 3 atom stereocenters. The fourth-order valence-corrected chi connectivity index (χ4v) is 5.08. The van der Waals surface area contributed by atoms with Crippen LogP contribution in [0.2, 0.25) is 5.02 Å². The number of halogens is 1. The zero-order valence-electron chi connectivity index (χ0n) is 17.4. The lowest BCUT2D eigenvalue weighted by Gasteiger charge is -2.61. The van der Waals surface area contributed by atoms with Gasteiger partial charge in [0.2, 0.25) is 5.89 Å². The molecule has 6 rings (SSSR count). The van der Waals surface area contributed by atoms with Crippen LogP contribution in [0.1, 0.15) is 42.8 Å². The van der Waals surface area contributed by atoms with Crippen molar-refractivity contribution in [3.05, 3.63) is 41.3 Å². The Kier molecular flexibility index (Phi) is 4.66. The summed E-state index contributed by atoms with van der Waals surface area (Å²) in [6, 6.07) is 4.88. The van der Waals surface area contributed by atoms with Crippen LogP contribution < -0.4 is 11.1 Å². The van der Waals surface area contributed by atoms with Crippen LogP contribution in [-0.4, -0.2) is 47.8 Å². The number of carbonyl (C=O) groups is 2. The molecule has 3 aromatic rings. The lowest BCUT2D eigenvalue weighted by Crippen LogP contribution is -2.70. The Morgan fingerprint density at radius 2 is 2.12 bits per heavy atom. The van der Waals surface area contributed by atoms with E-state index in [1.54, 1.807) is 41.2 Å². The molecule has 32 heavy (non-hydrogen) atoms. The van der Waals surface area contributed by atoms with E-state index in [0.29, 0.717) is 40.9 Å². The zero-order valence-corrected chi connectivity index (χ0v) is 18.2. The number of aromatic nitrogens is 5. The molecule has 1 aromatic carbocycles. The quantitative estimate of drug-likeness (QED) is 0.613. The molecular formula is C20H21ClN8O3. The van der Waals surface area contributed by atoms with Crippen LogP contribution in [0.5, 0.6) is 0 Å². The summed E-state index contributed by atoms with van der Waals surface area (Å²) >= 11 is 6.32. The molecule has 0 spiro atoms. The molecule has 3 fully saturated rings. The van der Waals surface area contributed by atoms with Gasteiger partial charge in [-0.3, -0.25) is 9.48 Å². The maximum Gasteiger partial charge on any atom is 0.323 e. The van der Waals surface area contributed by atoms with Crippen molar-refractivity contribution in [2.45, 2.75) is 37.8 Å². The second kappa shape index (κ2) is 7.30. The molecule has 4 heterocycles. The molecule has 2 unspecified atom stereocenters. The molecule has 2 aliphatic heterocycles. The van der Waals surface area contributed by atoms with Gasteiger partial charge >= 0.3 is 17.8 Å². The average molecular weight is 457 g/mol. The van der Waals surface area contributed by atoms with E-state index >= 15 is 0 Å². The molecule has 11 nitrogen and oxygen atoms in total. The fraction of sp³-hybridized carbons (Fsp3) is 0.400. The standard InChI is InChI=1S/C20H21ClN8O3/c1-10-5-12-8-20(7-10,18-26-25-17(32-18)15(22)30)29(12)19(31)24-11-3-4-14(21)13(6-11)16-23-9-28(2)27-16/h3-4,6,9-10,12H,5,7-8H2,1-2H3,(H2,22,30)(H,24,31)/t10-,12?,20?/m0/s1. The second-order valence-corrected chi connectivity index (χ2v) is 8.85. The van der Waals surface area contributed by atoms with Crippen LogP contribution in [0.15, 0.2) is 28.9 Å². The van der Waals surface area contributed by atoms with Crippen LogP contribution in [-0.2, 0) is 12.6 Å². The van der Waals surface area contributed by atoms with Gasteiger partial charge in [0.15, 0.2) is 5.82 Å². The number of benzene rings is 1. The van der Waals surface area contributed by atoms with Crippen molar-refractivity contribution in [1.82, 2.24) is 29.9 Å². The van der Waals surface area contributed by atoms with Gasteiger partial charge in [-0.15, -0.1) is 10.2 Å². The predicted molar refractivity (Wildman–Crippen MR) is 114 cm³/mol. The minimum atomic E-state index is -0.798. The molecule has 166 valence electrons. The first kappa shape index (κ1) is 20.4. The van der Waals surface area contributed by atoms with Gasteiger partial charge in [-0.2, -0.15) is 5.10 Å². The molecule has 1 aliphatic carbocycles. The van der Waals surface area contributed by atoms with Gasteiger partial charge in [-0.1, -0.05) is 18.5 Å². The van der Waals surface area contributed by atoms with E-state index in [0.717, 1.165) is 6.42 Å². The number of rotatable bonds is 4. The Labute approximate surface area is 187 Å². The summed E-state index contributed by atoms with van der Waals surface area (Å²) in [7, 11) is 1.76.